The largest absolute Gasteiger partial charge is 0.494 e. The summed E-state index contributed by atoms with van der Waals surface area (Å²) in [6.45, 7) is 8.09. The number of esters is 1. The van der Waals surface area contributed by atoms with Crippen molar-refractivity contribution in [3.63, 3.8) is 0 Å². The smallest absolute Gasteiger partial charge is 0.312 e. The van der Waals surface area contributed by atoms with Gasteiger partial charge in [0.05, 0.1) is 19.1 Å². The molecular formula is C16H24O4. The van der Waals surface area contributed by atoms with E-state index in [-0.39, 0.29) is 5.97 Å². The average Bonchev–Trinajstić information content (AvgIpc) is 2.40. The molecule has 0 aliphatic rings. The second-order valence-electron chi connectivity index (χ2n) is 4.82. The molecule has 0 aliphatic heterocycles. The third-order valence-electron chi connectivity index (χ3n) is 3.41. The maximum Gasteiger partial charge on any atom is 0.312 e. The predicted molar refractivity (Wildman–Crippen MR) is 77.6 cm³/mol. The molecule has 4 heteroatoms. The molecule has 1 aromatic carbocycles. The molecule has 2 atom stereocenters. The summed E-state index contributed by atoms with van der Waals surface area (Å²) in [5, 5.41) is 10.7. The molecule has 0 aliphatic carbocycles. The number of carbonyl (C=O) groups is 1. The molecule has 0 saturated heterocycles. The Morgan fingerprint density at radius 1 is 1.20 bits per heavy atom. The van der Waals surface area contributed by atoms with Gasteiger partial charge in [0.15, 0.2) is 0 Å². The van der Waals surface area contributed by atoms with Crippen molar-refractivity contribution in [3.8, 4) is 5.75 Å². The zero-order chi connectivity index (χ0) is 15.2. The minimum Gasteiger partial charge on any atom is -0.494 e. The highest BCUT2D eigenvalue weighted by molar-refractivity contribution is 5.74. The van der Waals surface area contributed by atoms with Gasteiger partial charge in [-0.05, 0) is 44.9 Å². The zero-order valence-corrected chi connectivity index (χ0v) is 12.7. The second kappa shape index (κ2) is 7.29. The van der Waals surface area contributed by atoms with Gasteiger partial charge in [-0.2, -0.15) is 0 Å². The summed E-state index contributed by atoms with van der Waals surface area (Å²) < 4.78 is 10.4. The van der Waals surface area contributed by atoms with E-state index in [2.05, 4.69) is 0 Å². The Bertz CT molecular complexity index is 423. The normalized spacial score (nSPS) is 15.2. The number of hydrogen-bond acceptors (Lipinski definition) is 4. The molecule has 1 N–H and O–H groups in total. The van der Waals surface area contributed by atoms with Crippen LogP contribution in [0.3, 0.4) is 0 Å². The maximum atomic E-state index is 12.0. The fourth-order valence-corrected chi connectivity index (χ4v) is 2.29. The van der Waals surface area contributed by atoms with Crippen molar-refractivity contribution in [2.45, 2.75) is 39.7 Å². The first kappa shape index (κ1) is 16.5. The van der Waals surface area contributed by atoms with Crippen molar-refractivity contribution in [2.75, 3.05) is 13.2 Å². The number of ether oxygens (including phenoxy) is 2. The maximum absolute atomic E-state index is 12.0. The van der Waals surface area contributed by atoms with Crippen LogP contribution in [-0.2, 0) is 15.1 Å². The van der Waals surface area contributed by atoms with Crippen LogP contribution in [0.5, 0.6) is 5.75 Å². The Morgan fingerprint density at radius 3 is 2.25 bits per heavy atom. The molecule has 0 spiro atoms. The van der Waals surface area contributed by atoms with E-state index < -0.39 is 11.5 Å². The first-order valence-corrected chi connectivity index (χ1v) is 7.09. The van der Waals surface area contributed by atoms with E-state index in [4.69, 9.17) is 9.47 Å². The molecule has 0 saturated carbocycles. The lowest BCUT2D eigenvalue weighted by molar-refractivity contribution is -0.158. The van der Waals surface area contributed by atoms with Crippen LogP contribution in [0.4, 0.5) is 0 Å². The molecule has 20 heavy (non-hydrogen) atoms. The Morgan fingerprint density at radius 2 is 1.80 bits per heavy atom. The molecular weight excluding hydrogens is 256 g/mol. The van der Waals surface area contributed by atoms with Gasteiger partial charge in [-0.15, -0.1) is 0 Å². The summed E-state index contributed by atoms with van der Waals surface area (Å²) >= 11 is 0. The molecule has 0 amide bonds. The van der Waals surface area contributed by atoms with Crippen LogP contribution < -0.4 is 4.74 Å². The quantitative estimate of drug-likeness (QED) is 0.780. The molecule has 2 unspecified atom stereocenters. The molecule has 1 rings (SSSR count). The number of aliphatic hydroxyl groups is 1. The van der Waals surface area contributed by atoms with Crippen LogP contribution in [0.25, 0.3) is 0 Å². The van der Waals surface area contributed by atoms with E-state index in [1.54, 1.807) is 38.1 Å². The number of carbonyl (C=O) groups excluding carboxylic acids is 1. The zero-order valence-electron chi connectivity index (χ0n) is 12.7. The van der Waals surface area contributed by atoms with Gasteiger partial charge in [0.1, 0.15) is 11.4 Å². The SMILES string of the molecule is CCOC(=O)C(CC)C(C)(O)c1ccc(OCC)cc1. The lowest BCUT2D eigenvalue weighted by atomic mass is 9.81. The molecule has 0 bridgehead atoms. The topological polar surface area (TPSA) is 55.8 Å². The minimum absolute atomic E-state index is 0.314. The molecule has 4 nitrogen and oxygen atoms in total. The predicted octanol–water partition coefficient (Wildman–Crippen LogP) is 2.88. The van der Waals surface area contributed by atoms with E-state index >= 15 is 0 Å². The molecule has 0 heterocycles. The van der Waals surface area contributed by atoms with Crippen LogP contribution in [0.15, 0.2) is 24.3 Å². The van der Waals surface area contributed by atoms with Crippen molar-refractivity contribution >= 4 is 5.97 Å². The monoisotopic (exact) mass is 280 g/mol. The average molecular weight is 280 g/mol. The van der Waals surface area contributed by atoms with Gasteiger partial charge < -0.3 is 14.6 Å². The Kier molecular flexibility index (Phi) is 6.02. The van der Waals surface area contributed by atoms with Crippen molar-refractivity contribution < 1.29 is 19.4 Å². The summed E-state index contributed by atoms with van der Waals surface area (Å²) in [6.07, 6.45) is 0.513. The standard InChI is InChI=1S/C16H24O4/c1-5-14(15(17)20-7-3)16(4,18)12-8-10-13(11-9-12)19-6-2/h8-11,14,18H,5-7H2,1-4H3. The van der Waals surface area contributed by atoms with Crippen molar-refractivity contribution in [3.05, 3.63) is 29.8 Å². The molecule has 112 valence electrons. The number of benzene rings is 1. The van der Waals surface area contributed by atoms with Crippen LogP contribution in [0.1, 0.15) is 39.7 Å². The summed E-state index contributed by atoms with van der Waals surface area (Å²) in [4.78, 5) is 12.0. The van der Waals surface area contributed by atoms with E-state index in [0.717, 1.165) is 5.75 Å². The van der Waals surface area contributed by atoms with Crippen LogP contribution in [-0.4, -0.2) is 24.3 Å². The van der Waals surface area contributed by atoms with Crippen LogP contribution >= 0.6 is 0 Å². The van der Waals surface area contributed by atoms with Gasteiger partial charge >= 0.3 is 5.97 Å². The van der Waals surface area contributed by atoms with Crippen molar-refractivity contribution in [2.24, 2.45) is 5.92 Å². The molecule has 0 radical (unpaired) electrons. The van der Waals surface area contributed by atoms with Crippen LogP contribution in [0.2, 0.25) is 0 Å². The molecule has 0 fully saturated rings. The van der Waals surface area contributed by atoms with Gasteiger partial charge in [-0.25, -0.2) is 0 Å². The summed E-state index contributed by atoms with van der Waals surface area (Å²) in [6, 6.07) is 7.16. The highest BCUT2D eigenvalue weighted by Crippen LogP contribution is 2.33. The Balaban J connectivity index is 2.97. The number of hydrogen-bond donors (Lipinski definition) is 1. The fraction of sp³-hybridized carbons (Fsp3) is 0.562. The highest BCUT2D eigenvalue weighted by Gasteiger charge is 2.38. The summed E-state index contributed by atoms with van der Waals surface area (Å²) in [5.41, 5.74) is -0.577. The van der Waals surface area contributed by atoms with Gasteiger partial charge in [0, 0.05) is 0 Å². The third kappa shape index (κ3) is 3.73. The lowest BCUT2D eigenvalue weighted by Crippen LogP contribution is -2.38. The first-order valence-electron chi connectivity index (χ1n) is 7.09. The van der Waals surface area contributed by atoms with E-state index in [1.807, 2.05) is 13.8 Å². The number of rotatable bonds is 7. The lowest BCUT2D eigenvalue weighted by Gasteiger charge is -2.31. The third-order valence-corrected chi connectivity index (χ3v) is 3.41. The first-order chi connectivity index (χ1) is 9.47. The van der Waals surface area contributed by atoms with Crippen molar-refractivity contribution in [1.82, 2.24) is 0 Å². The van der Waals surface area contributed by atoms with Gasteiger partial charge in [0.25, 0.3) is 0 Å². The minimum atomic E-state index is -1.26. The Hall–Kier alpha value is -1.55. The van der Waals surface area contributed by atoms with E-state index in [0.29, 0.717) is 25.2 Å². The van der Waals surface area contributed by atoms with Crippen LogP contribution in [0, 0.1) is 5.92 Å². The highest BCUT2D eigenvalue weighted by atomic mass is 16.5. The fourth-order valence-electron chi connectivity index (χ4n) is 2.29. The molecule has 0 aromatic heterocycles. The summed E-state index contributed by atoms with van der Waals surface area (Å²) in [7, 11) is 0. The van der Waals surface area contributed by atoms with Gasteiger partial charge in [-0.3, -0.25) is 4.79 Å². The van der Waals surface area contributed by atoms with Gasteiger partial charge in [0.2, 0.25) is 0 Å². The second-order valence-corrected chi connectivity index (χ2v) is 4.82. The van der Waals surface area contributed by atoms with E-state index in [9.17, 15) is 9.90 Å². The van der Waals surface area contributed by atoms with E-state index in [1.165, 1.54) is 0 Å². The Labute approximate surface area is 120 Å². The van der Waals surface area contributed by atoms with Gasteiger partial charge in [-0.1, -0.05) is 19.1 Å². The molecule has 1 aromatic rings. The summed E-state index contributed by atoms with van der Waals surface area (Å²) in [5.74, 6) is -0.203. The van der Waals surface area contributed by atoms with Crippen molar-refractivity contribution in [1.29, 1.82) is 0 Å².